The minimum atomic E-state index is -1.28. The molecule has 2 aromatic carbocycles. The van der Waals surface area contributed by atoms with Gasteiger partial charge in [-0.3, -0.25) is 0 Å². The van der Waals surface area contributed by atoms with Crippen molar-refractivity contribution in [3.63, 3.8) is 0 Å². The maximum atomic E-state index is 10.5. The van der Waals surface area contributed by atoms with Crippen LogP contribution in [0.2, 0.25) is 0 Å². The van der Waals surface area contributed by atoms with Gasteiger partial charge in [-0.1, -0.05) is 30.3 Å². The van der Waals surface area contributed by atoms with Gasteiger partial charge in [0.25, 0.3) is 0 Å². The lowest BCUT2D eigenvalue weighted by Crippen LogP contribution is -2.52. The minimum absolute atomic E-state index is 0.0261. The van der Waals surface area contributed by atoms with Crippen molar-refractivity contribution in [2.45, 2.75) is 49.3 Å². The molecule has 6 atom stereocenters. The molecular weight excluding hydrogens is 420 g/mol. The van der Waals surface area contributed by atoms with Crippen LogP contribution in [-0.2, 0) is 11.2 Å². The number of ether oxygens (including phenoxy) is 2. The van der Waals surface area contributed by atoms with Crippen LogP contribution in [0.25, 0.3) is 0 Å². The van der Waals surface area contributed by atoms with Crippen LogP contribution in [0.5, 0.6) is 5.75 Å². The third-order valence-electron chi connectivity index (χ3n) is 5.47. The van der Waals surface area contributed by atoms with Crippen LogP contribution in [0.15, 0.2) is 42.5 Å². The van der Waals surface area contributed by atoms with Gasteiger partial charge in [-0.2, -0.15) is 0 Å². The van der Waals surface area contributed by atoms with E-state index >= 15 is 0 Å². The largest absolute Gasteiger partial charge is 0.491 e. The van der Waals surface area contributed by atoms with Crippen LogP contribution in [0.1, 0.15) is 28.4 Å². The number of hydrogen-bond acceptors (Lipinski definition) is 8. The molecule has 1 heterocycles. The SMILES string of the molecule is CSC1OC(c2ccc(C)c(Cc3ccc(OCC(O)CO)cc3)c2)C(O)C(O)C1O. The summed E-state index contributed by atoms with van der Waals surface area (Å²) in [6, 6.07) is 13.3. The molecule has 1 aliphatic rings. The van der Waals surface area contributed by atoms with E-state index in [1.165, 1.54) is 11.8 Å². The Morgan fingerprint density at radius 3 is 2.39 bits per heavy atom. The van der Waals surface area contributed by atoms with Crippen molar-refractivity contribution in [3.8, 4) is 5.75 Å². The zero-order valence-electron chi connectivity index (χ0n) is 17.6. The van der Waals surface area contributed by atoms with Crippen molar-refractivity contribution in [3.05, 3.63) is 64.7 Å². The zero-order valence-corrected chi connectivity index (χ0v) is 18.4. The number of hydrogen-bond donors (Lipinski definition) is 5. The van der Waals surface area contributed by atoms with E-state index in [1.54, 1.807) is 6.26 Å². The summed E-state index contributed by atoms with van der Waals surface area (Å²) in [6.45, 7) is 1.69. The summed E-state index contributed by atoms with van der Waals surface area (Å²) in [5.74, 6) is 0.608. The van der Waals surface area contributed by atoms with Gasteiger partial charge in [-0.15, -0.1) is 11.8 Å². The molecule has 0 bridgehead atoms. The minimum Gasteiger partial charge on any atom is -0.491 e. The van der Waals surface area contributed by atoms with Crippen molar-refractivity contribution in [2.75, 3.05) is 19.5 Å². The van der Waals surface area contributed by atoms with Gasteiger partial charge in [-0.25, -0.2) is 0 Å². The van der Waals surface area contributed by atoms with Gasteiger partial charge in [0.15, 0.2) is 0 Å². The quantitative estimate of drug-likeness (QED) is 0.407. The summed E-state index contributed by atoms with van der Waals surface area (Å²) in [4.78, 5) is 0. The molecule has 7 nitrogen and oxygen atoms in total. The second kappa shape index (κ2) is 10.8. The molecule has 0 radical (unpaired) electrons. The van der Waals surface area contributed by atoms with Gasteiger partial charge in [0, 0.05) is 0 Å². The highest BCUT2D eigenvalue weighted by molar-refractivity contribution is 7.99. The smallest absolute Gasteiger partial charge is 0.132 e. The Morgan fingerprint density at radius 1 is 1.03 bits per heavy atom. The van der Waals surface area contributed by atoms with Crippen molar-refractivity contribution in [2.24, 2.45) is 0 Å². The molecule has 0 aliphatic carbocycles. The Morgan fingerprint density at radius 2 is 1.74 bits per heavy atom. The predicted octanol–water partition coefficient (Wildman–Crippen LogP) is 1.16. The lowest BCUT2D eigenvalue weighted by molar-refractivity contribution is -0.200. The van der Waals surface area contributed by atoms with E-state index in [4.69, 9.17) is 14.6 Å². The highest BCUT2D eigenvalue weighted by atomic mass is 32.2. The molecule has 0 saturated carbocycles. The highest BCUT2D eigenvalue weighted by Gasteiger charge is 2.44. The third kappa shape index (κ3) is 5.78. The molecule has 1 fully saturated rings. The lowest BCUT2D eigenvalue weighted by atomic mass is 9.91. The second-order valence-electron chi connectivity index (χ2n) is 7.79. The number of aliphatic hydroxyl groups is 5. The molecular formula is C23H30O7S. The topological polar surface area (TPSA) is 120 Å². The number of aryl methyl sites for hydroxylation is 1. The van der Waals surface area contributed by atoms with Crippen LogP contribution in [0, 0.1) is 6.92 Å². The fourth-order valence-corrected chi connectivity index (χ4v) is 4.22. The van der Waals surface area contributed by atoms with E-state index in [-0.39, 0.29) is 13.2 Å². The Hall–Kier alpha value is -1.65. The van der Waals surface area contributed by atoms with Crippen LogP contribution in [0.4, 0.5) is 0 Å². The Balaban J connectivity index is 1.74. The van der Waals surface area contributed by atoms with Crippen LogP contribution < -0.4 is 4.74 Å². The molecule has 0 spiro atoms. The summed E-state index contributed by atoms with van der Waals surface area (Å²) in [7, 11) is 0. The van der Waals surface area contributed by atoms with E-state index < -0.39 is 36.0 Å². The Kier molecular flexibility index (Phi) is 8.35. The molecule has 8 heteroatoms. The number of aliphatic hydroxyl groups excluding tert-OH is 5. The summed E-state index contributed by atoms with van der Waals surface area (Å²) >= 11 is 1.29. The van der Waals surface area contributed by atoms with Crippen LogP contribution >= 0.6 is 11.8 Å². The van der Waals surface area contributed by atoms with Gasteiger partial charge < -0.3 is 35.0 Å². The number of benzene rings is 2. The zero-order chi connectivity index (χ0) is 22.5. The first kappa shape index (κ1) is 24.0. The Labute approximate surface area is 186 Å². The maximum absolute atomic E-state index is 10.5. The van der Waals surface area contributed by atoms with Crippen molar-refractivity contribution >= 4 is 11.8 Å². The number of rotatable bonds is 8. The van der Waals surface area contributed by atoms with Gasteiger partial charge in [-0.05, 0) is 54.0 Å². The van der Waals surface area contributed by atoms with Gasteiger partial charge in [0.2, 0.25) is 0 Å². The first-order chi connectivity index (χ1) is 14.8. The Bertz CT molecular complexity index is 842. The van der Waals surface area contributed by atoms with Gasteiger partial charge in [0.1, 0.15) is 48.3 Å². The van der Waals surface area contributed by atoms with Crippen LogP contribution in [-0.4, -0.2) is 74.9 Å². The lowest BCUT2D eigenvalue weighted by Gasteiger charge is -2.40. The maximum Gasteiger partial charge on any atom is 0.132 e. The second-order valence-corrected chi connectivity index (χ2v) is 8.72. The summed E-state index contributed by atoms with van der Waals surface area (Å²) < 4.78 is 11.3. The average molecular weight is 451 g/mol. The van der Waals surface area contributed by atoms with Crippen molar-refractivity contribution in [1.29, 1.82) is 0 Å². The molecule has 5 N–H and O–H groups in total. The molecule has 1 aliphatic heterocycles. The standard InChI is InChI=1S/C23H30O7S/c1-13-3-6-15(22-20(27)19(26)21(28)23(30-22)31-2)10-16(13)9-14-4-7-18(8-5-14)29-12-17(25)11-24/h3-8,10,17,19-28H,9,11-12H2,1-2H3. The third-order valence-corrected chi connectivity index (χ3v) is 6.33. The van der Waals surface area contributed by atoms with E-state index in [1.807, 2.05) is 49.4 Å². The number of thioether (sulfide) groups is 1. The van der Waals surface area contributed by atoms with E-state index in [9.17, 15) is 20.4 Å². The molecule has 31 heavy (non-hydrogen) atoms. The summed E-state index contributed by atoms with van der Waals surface area (Å²) in [6.07, 6.45) is -2.85. The summed E-state index contributed by atoms with van der Waals surface area (Å²) in [5.41, 5.74) is 3.32. The first-order valence-corrected chi connectivity index (χ1v) is 11.5. The molecule has 170 valence electrons. The molecule has 1 saturated heterocycles. The predicted molar refractivity (Wildman–Crippen MR) is 118 cm³/mol. The van der Waals surface area contributed by atoms with E-state index in [0.29, 0.717) is 12.2 Å². The normalized spacial score (nSPS) is 27.1. The monoisotopic (exact) mass is 450 g/mol. The fraction of sp³-hybridized carbons (Fsp3) is 0.478. The first-order valence-electron chi connectivity index (χ1n) is 10.2. The van der Waals surface area contributed by atoms with Crippen molar-refractivity contribution < 1.29 is 35.0 Å². The van der Waals surface area contributed by atoms with Crippen LogP contribution in [0.3, 0.4) is 0 Å². The van der Waals surface area contributed by atoms with E-state index in [2.05, 4.69) is 0 Å². The van der Waals surface area contributed by atoms with E-state index in [0.717, 1.165) is 22.3 Å². The van der Waals surface area contributed by atoms with Gasteiger partial charge >= 0.3 is 0 Å². The fourth-order valence-electron chi connectivity index (χ4n) is 3.55. The summed E-state index contributed by atoms with van der Waals surface area (Å²) in [5, 5.41) is 49.0. The average Bonchev–Trinajstić information content (AvgIpc) is 2.78. The highest BCUT2D eigenvalue weighted by Crippen LogP contribution is 2.36. The van der Waals surface area contributed by atoms with Crippen molar-refractivity contribution in [1.82, 2.24) is 0 Å². The molecule has 6 unspecified atom stereocenters. The van der Waals surface area contributed by atoms with Gasteiger partial charge in [0.05, 0.1) is 6.61 Å². The molecule has 0 amide bonds. The molecule has 2 aromatic rings. The molecule has 0 aromatic heterocycles. The molecule has 3 rings (SSSR count).